The number of nitrogens with zero attached hydrogens (tertiary/aromatic N) is 1. The molecule has 8 heteroatoms. The number of ether oxygens (including phenoxy) is 2. The smallest absolute Gasteiger partial charge is 0.243 e. The van der Waals surface area contributed by atoms with Crippen LogP contribution in [0.25, 0.3) is 0 Å². The summed E-state index contributed by atoms with van der Waals surface area (Å²) in [6, 6.07) is 11.1. The highest BCUT2D eigenvalue weighted by molar-refractivity contribution is 7.89. The van der Waals surface area contributed by atoms with Crippen LogP contribution in [0.5, 0.6) is 11.5 Å². The zero-order valence-electron chi connectivity index (χ0n) is 15.6. The molecule has 4 rings (SSSR count). The predicted molar refractivity (Wildman–Crippen MR) is 104 cm³/mol. The summed E-state index contributed by atoms with van der Waals surface area (Å²) in [5.41, 5.74) is 1.53. The summed E-state index contributed by atoms with van der Waals surface area (Å²) in [6.07, 6.45) is 1.13. The van der Waals surface area contributed by atoms with Crippen LogP contribution in [0.2, 0.25) is 0 Å². The predicted octanol–water partition coefficient (Wildman–Crippen LogP) is 2.56. The number of carbonyl (C=O) groups excluding carboxylic acids is 1. The fraction of sp³-hybridized carbons (Fsp3) is 0.350. The van der Waals surface area contributed by atoms with Crippen molar-refractivity contribution in [2.24, 2.45) is 0 Å². The lowest BCUT2D eigenvalue weighted by Crippen LogP contribution is -2.43. The summed E-state index contributed by atoms with van der Waals surface area (Å²) in [7, 11) is -3.73. The molecular formula is C20H22N2O5S. The molecule has 0 aliphatic carbocycles. The Balaban J connectivity index is 1.53. The van der Waals surface area contributed by atoms with Crippen LogP contribution < -0.4 is 14.8 Å². The van der Waals surface area contributed by atoms with E-state index in [0.29, 0.717) is 49.8 Å². The SMILES string of the molecule is Cc1ccc(S(=O)(=O)N2CCCC2C(=O)Nc2ccc3c(c2)OCCO3)cc1. The van der Waals surface area contributed by atoms with Gasteiger partial charge in [-0.15, -0.1) is 0 Å². The molecule has 0 saturated carbocycles. The average molecular weight is 402 g/mol. The minimum atomic E-state index is -3.73. The fourth-order valence-electron chi connectivity index (χ4n) is 3.48. The van der Waals surface area contributed by atoms with Crippen molar-refractivity contribution in [1.82, 2.24) is 4.31 Å². The third-order valence-electron chi connectivity index (χ3n) is 4.94. The second kappa shape index (κ2) is 7.44. The number of rotatable bonds is 4. The number of nitrogens with one attached hydrogen (secondary N) is 1. The van der Waals surface area contributed by atoms with Crippen molar-refractivity contribution in [2.45, 2.75) is 30.7 Å². The molecule has 0 bridgehead atoms. The molecule has 2 aromatic rings. The third-order valence-corrected chi connectivity index (χ3v) is 6.87. The molecule has 1 fully saturated rings. The van der Waals surface area contributed by atoms with Gasteiger partial charge in [-0.2, -0.15) is 4.31 Å². The Morgan fingerprint density at radius 2 is 1.79 bits per heavy atom. The van der Waals surface area contributed by atoms with E-state index in [4.69, 9.17) is 9.47 Å². The molecule has 1 unspecified atom stereocenters. The van der Waals surface area contributed by atoms with Gasteiger partial charge in [0.2, 0.25) is 15.9 Å². The van der Waals surface area contributed by atoms with Crippen LogP contribution in [0, 0.1) is 6.92 Å². The van der Waals surface area contributed by atoms with Crippen molar-refractivity contribution in [3.8, 4) is 11.5 Å². The molecule has 1 saturated heterocycles. The van der Waals surface area contributed by atoms with Gasteiger partial charge in [-0.25, -0.2) is 8.42 Å². The monoisotopic (exact) mass is 402 g/mol. The first-order valence-electron chi connectivity index (χ1n) is 9.24. The molecule has 2 aliphatic rings. The molecule has 0 aromatic heterocycles. The average Bonchev–Trinajstić information content (AvgIpc) is 3.19. The number of hydrogen-bond donors (Lipinski definition) is 1. The normalized spacial score (nSPS) is 19.4. The Bertz CT molecular complexity index is 988. The standard InChI is InChI=1S/C20H22N2O5S/c1-14-4-7-16(8-5-14)28(24,25)22-10-2-3-17(22)20(23)21-15-6-9-18-19(13-15)27-12-11-26-18/h4-9,13,17H,2-3,10-12H2,1H3,(H,21,23). The van der Waals surface area contributed by atoms with E-state index in [1.165, 1.54) is 4.31 Å². The van der Waals surface area contributed by atoms with Crippen LogP contribution in [0.15, 0.2) is 47.4 Å². The Kier molecular flexibility index (Phi) is 4.99. The van der Waals surface area contributed by atoms with Crippen molar-refractivity contribution >= 4 is 21.6 Å². The molecule has 1 amide bonds. The Labute approximate surface area is 164 Å². The van der Waals surface area contributed by atoms with Gasteiger partial charge in [0.1, 0.15) is 19.3 Å². The van der Waals surface area contributed by atoms with Gasteiger partial charge in [0.15, 0.2) is 11.5 Å². The molecule has 2 aliphatic heterocycles. The lowest BCUT2D eigenvalue weighted by atomic mass is 10.2. The summed E-state index contributed by atoms with van der Waals surface area (Å²) in [5.74, 6) is 0.859. The summed E-state index contributed by atoms with van der Waals surface area (Å²) >= 11 is 0. The van der Waals surface area contributed by atoms with Crippen LogP contribution in [0.1, 0.15) is 18.4 Å². The summed E-state index contributed by atoms with van der Waals surface area (Å²) < 4.78 is 38.3. The number of carbonyl (C=O) groups is 1. The van der Waals surface area contributed by atoms with Crippen molar-refractivity contribution in [2.75, 3.05) is 25.1 Å². The second-order valence-electron chi connectivity index (χ2n) is 6.93. The first-order valence-corrected chi connectivity index (χ1v) is 10.7. The molecular weight excluding hydrogens is 380 g/mol. The first kappa shape index (κ1) is 18.8. The van der Waals surface area contributed by atoms with Crippen LogP contribution >= 0.6 is 0 Å². The van der Waals surface area contributed by atoms with Crippen LogP contribution in [0.4, 0.5) is 5.69 Å². The minimum Gasteiger partial charge on any atom is -0.486 e. The zero-order valence-corrected chi connectivity index (χ0v) is 16.4. The maximum atomic E-state index is 13.0. The number of sulfonamides is 1. The van der Waals surface area contributed by atoms with Crippen molar-refractivity contribution in [1.29, 1.82) is 0 Å². The largest absolute Gasteiger partial charge is 0.486 e. The lowest BCUT2D eigenvalue weighted by molar-refractivity contribution is -0.119. The van der Waals surface area contributed by atoms with E-state index < -0.39 is 16.1 Å². The Hall–Kier alpha value is -2.58. The van der Waals surface area contributed by atoms with Gasteiger partial charge in [-0.3, -0.25) is 4.79 Å². The molecule has 2 heterocycles. The highest BCUT2D eigenvalue weighted by Crippen LogP contribution is 2.33. The molecule has 0 spiro atoms. The summed E-state index contributed by atoms with van der Waals surface area (Å²) in [5, 5.41) is 2.82. The molecule has 28 heavy (non-hydrogen) atoms. The lowest BCUT2D eigenvalue weighted by Gasteiger charge is -2.24. The van der Waals surface area contributed by atoms with E-state index in [0.717, 1.165) is 5.56 Å². The van der Waals surface area contributed by atoms with Gasteiger partial charge in [0.05, 0.1) is 4.90 Å². The van der Waals surface area contributed by atoms with Crippen LogP contribution in [-0.2, 0) is 14.8 Å². The van der Waals surface area contributed by atoms with Crippen molar-refractivity contribution in [3.63, 3.8) is 0 Å². The topological polar surface area (TPSA) is 84.9 Å². The molecule has 2 aromatic carbocycles. The number of hydrogen-bond acceptors (Lipinski definition) is 5. The van der Waals surface area contributed by atoms with Crippen molar-refractivity contribution < 1.29 is 22.7 Å². The van der Waals surface area contributed by atoms with E-state index in [1.54, 1.807) is 42.5 Å². The number of amides is 1. The second-order valence-corrected chi connectivity index (χ2v) is 8.83. The Morgan fingerprint density at radius 3 is 2.54 bits per heavy atom. The number of benzene rings is 2. The third kappa shape index (κ3) is 3.57. The van der Waals surface area contributed by atoms with Gasteiger partial charge < -0.3 is 14.8 Å². The summed E-state index contributed by atoms with van der Waals surface area (Å²) in [4.78, 5) is 13.0. The van der Waals surface area contributed by atoms with E-state index in [-0.39, 0.29) is 10.8 Å². The quantitative estimate of drug-likeness (QED) is 0.850. The van der Waals surface area contributed by atoms with E-state index in [9.17, 15) is 13.2 Å². The van der Waals surface area contributed by atoms with Gasteiger partial charge in [0, 0.05) is 18.3 Å². The molecule has 0 radical (unpaired) electrons. The maximum absolute atomic E-state index is 13.0. The van der Waals surface area contributed by atoms with E-state index in [1.807, 2.05) is 6.92 Å². The van der Waals surface area contributed by atoms with E-state index in [2.05, 4.69) is 5.32 Å². The first-order chi connectivity index (χ1) is 13.4. The van der Waals surface area contributed by atoms with Gasteiger partial charge in [0.25, 0.3) is 0 Å². The van der Waals surface area contributed by atoms with Crippen LogP contribution in [-0.4, -0.2) is 44.4 Å². The molecule has 1 N–H and O–H groups in total. The maximum Gasteiger partial charge on any atom is 0.243 e. The molecule has 1 atom stereocenters. The minimum absolute atomic E-state index is 0.206. The fourth-order valence-corrected chi connectivity index (χ4v) is 5.14. The number of fused-ring (bicyclic) bond motifs is 1. The zero-order chi connectivity index (χ0) is 19.7. The van der Waals surface area contributed by atoms with E-state index >= 15 is 0 Å². The Morgan fingerprint density at radius 1 is 1.07 bits per heavy atom. The molecule has 148 valence electrons. The van der Waals surface area contributed by atoms with Crippen LogP contribution in [0.3, 0.4) is 0 Å². The van der Waals surface area contributed by atoms with Gasteiger partial charge in [-0.05, 0) is 44.0 Å². The van der Waals surface area contributed by atoms with Gasteiger partial charge in [-0.1, -0.05) is 17.7 Å². The highest BCUT2D eigenvalue weighted by atomic mass is 32.2. The molecule has 7 nitrogen and oxygen atoms in total. The number of anilines is 1. The van der Waals surface area contributed by atoms with Crippen molar-refractivity contribution in [3.05, 3.63) is 48.0 Å². The summed E-state index contributed by atoms with van der Waals surface area (Å²) in [6.45, 7) is 3.17. The van der Waals surface area contributed by atoms with Gasteiger partial charge >= 0.3 is 0 Å². The number of aryl methyl sites for hydroxylation is 1. The highest BCUT2D eigenvalue weighted by Gasteiger charge is 2.39.